The Morgan fingerprint density at radius 2 is 1.30 bits per heavy atom. The number of ether oxygens (including phenoxy) is 1. The van der Waals surface area contributed by atoms with Gasteiger partial charge < -0.3 is 25.2 Å². The molecule has 1 atom stereocenters. The van der Waals surface area contributed by atoms with Crippen molar-refractivity contribution in [3.8, 4) is 23.0 Å². The van der Waals surface area contributed by atoms with E-state index in [2.05, 4.69) is 0 Å². The van der Waals surface area contributed by atoms with Crippen molar-refractivity contribution in [1.82, 2.24) is 0 Å². The topological polar surface area (TPSA) is 107 Å². The molecular weight excluding hydrogens is 348 g/mol. The Labute approximate surface area is 154 Å². The summed E-state index contributed by atoms with van der Waals surface area (Å²) in [7, 11) is 0. The second-order valence-electron chi connectivity index (χ2n) is 6.38. The normalized spacial score (nSPS) is 17.8. The average molecular weight is 364 g/mol. The number of benzene rings is 3. The first-order valence-electron chi connectivity index (χ1n) is 8.26. The zero-order valence-electron chi connectivity index (χ0n) is 14.0. The minimum absolute atomic E-state index is 0.00141. The molecule has 0 radical (unpaired) electrons. The van der Waals surface area contributed by atoms with E-state index in [0.717, 1.165) is 0 Å². The molecule has 0 aliphatic carbocycles. The van der Waals surface area contributed by atoms with E-state index in [4.69, 9.17) is 4.74 Å². The number of aromatic hydroxyl groups is 3. The van der Waals surface area contributed by atoms with E-state index in [1.807, 2.05) is 0 Å². The molecule has 3 aromatic carbocycles. The number of carbonyl (C=O) groups is 1. The first kappa shape index (κ1) is 16.9. The van der Waals surface area contributed by atoms with Gasteiger partial charge in [0.1, 0.15) is 34.5 Å². The monoisotopic (exact) mass is 364 g/mol. The van der Waals surface area contributed by atoms with Crippen molar-refractivity contribution >= 4 is 5.97 Å². The van der Waals surface area contributed by atoms with Gasteiger partial charge in [-0.15, -0.1) is 0 Å². The van der Waals surface area contributed by atoms with Crippen molar-refractivity contribution < 1.29 is 30.0 Å². The molecule has 4 N–H and O–H groups in total. The average Bonchev–Trinajstić information content (AvgIpc) is 2.64. The van der Waals surface area contributed by atoms with Crippen molar-refractivity contribution in [2.24, 2.45) is 0 Å². The fraction of sp³-hybridized carbons (Fsp3) is 0.0952. The van der Waals surface area contributed by atoms with E-state index in [9.17, 15) is 25.2 Å². The molecular formula is C21H16O6. The van der Waals surface area contributed by atoms with Crippen LogP contribution >= 0.6 is 0 Å². The first-order chi connectivity index (χ1) is 12.9. The van der Waals surface area contributed by atoms with E-state index in [1.54, 1.807) is 0 Å². The fourth-order valence-corrected chi connectivity index (χ4v) is 3.57. The smallest absolute Gasteiger partial charge is 0.329 e. The molecule has 1 unspecified atom stereocenters. The number of aliphatic hydroxyl groups excluding tert-OH is 1. The van der Waals surface area contributed by atoms with Crippen LogP contribution in [0.1, 0.15) is 22.8 Å². The van der Waals surface area contributed by atoms with Crippen LogP contribution in [0, 0.1) is 0 Å². The molecule has 0 amide bonds. The molecule has 0 fully saturated rings. The Bertz CT molecular complexity index is 962. The lowest BCUT2D eigenvalue weighted by Crippen LogP contribution is -2.48. The molecule has 1 aliphatic rings. The molecule has 6 heteroatoms. The standard InChI is InChI=1S/C21H16O6/c22-14-8-4-12(5-9-14)21(13-6-10-15(23)11-7-13)19(25)18-16(24)2-1-3-17(18)27-20(21)26/h1-11,19,22-25H. The van der Waals surface area contributed by atoms with Crippen molar-refractivity contribution in [3.05, 3.63) is 83.4 Å². The number of carbonyl (C=O) groups excluding carboxylic acids is 1. The summed E-state index contributed by atoms with van der Waals surface area (Å²) in [5.74, 6) is -0.845. The Morgan fingerprint density at radius 1 is 0.778 bits per heavy atom. The quantitative estimate of drug-likeness (QED) is 0.411. The molecule has 0 bridgehead atoms. The van der Waals surface area contributed by atoms with Gasteiger partial charge in [0.2, 0.25) is 0 Å². The number of phenols is 3. The lowest BCUT2D eigenvalue weighted by atomic mass is 9.67. The second kappa shape index (κ2) is 6.03. The summed E-state index contributed by atoms with van der Waals surface area (Å²) in [4.78, 5) is 13.2. The Kier molecular flexibility index (Phi) is 3.78. The van der Waals surface area contributed by atoms with Crippen LogP contribution in [0.25, 0.3) is 0 Å². The maximum absolute atomic E-state index is 13.2. The minimum Gasteiger partial charge on any atom is -0.508 e. The van der Waals surface area contributed by atoms with Gasteiger partial charge in [-0.3, -0.25) is 4.79 Å². The van der Waals surface area contributed by atoms with Gasteiger partial charge in [0.05, 0.1) is 5.56 Å². The van der Waals surface area contributed by atoms with Gasteiger partial charge in [0.25, 0.3) is 0 Å². The van der Waals surface area contributed by atoms with Crippen LogP contribution in [-0.2, 0) is 10.2 Å². The molecule has 1 aliphatic heterocycles. The number of esters is 1. The first-order valence-corrected chi connectivity index (χ1v) is 8.26. The van der Waals surface area contributed by atoms with Crippen LogP contribution < -0.4 is 4.74 Å². The van der Waals surface area contributed by atoms with Gasteiger partial charge in [-0.25, -0.2) is 0 Å². The molecule has 4 rings (SSSR count). The maximum Gasteiger partial charge on any atom is 0.329 e. The van der Waals surface area contributed by atoms with E-state index >= 15 is 0 Å². The van der Waals surface area contributed by atoms with Gasteiger partial charge >= 0.3 is 5.97 Å². The summed E-state index contributed by atoms with van der Waals surface area (Å²) in [6.07, 6.45) is -1.45. The number of aliphatic hydroxyl groups is 1. The highest BCUT2D eigenvalue weighted by Crippen LogP contribution is 2.52. The highest BCUT2D eigenvalue weighted by Gasteiger charge is 2.55. The lowest BCUT2D eigenvalue weighted by molar-refractivity contribution is -0.146. The molecule has 27 heavy (non-hydrogen) atoms. The van der Waals surface area contributed by atoms with Crippen LogP contribution in [0.2, 0.25) is 0 Å². The van der Waals surface area contributed by atoms with Crippen LogP contribution in [0.15, 0.2) is 66.7 Å². The summed E-state index contributed by atoms with van der Waals surface area (Å²) < 4.78 is 5.48. The summed E-state index contributed by atoms with van der Waals surface area (Å²) in [6, 6.07) is 16.1. The van der Waals surface area contributed by atoms with Crippen molar-refractivity contribution in [3.63, 3.8) is 0 Å². The summed E-state index contributed by atoms with van der Waals surface area (Å²) in [5.41, 5.74) is -0.846. The van der Waals surface area contributed by atoms with Crippen LogP contribution in [0.5, 0.6) is 23.0 Å². The number of hydrogen-bond acceptors (Lipinski definition) is 6. The van der Waals surface area contributed by atoms with Crippen LogP contribution in [-0.4, -0.2) is 26.4 Å². The van der Waals surface area contributed by atoms with Gasteiger partial charge in [0, 0.05) is 0 Å². The third-order valence-corrected chi connectivity index (χ3v) is 4.90. The summed E-state index contributed by atoms with van der Waals surface area (Å²) >= 11 is 0. The van der Waals surface area contributed by atoms with E-state index in [1.165, 1.54) is 66.7 Å². The minimum atomic E-state index is -1.69. The van der Waals surface area contributed by atoms with Gasteiger partial charge in [0.15, 0.2) is 0 Å². The van der Waals surface area contributed by atoms with Crippen molar-refractivity contribution in [2.45, 2.75) is 11.5 Å². The summed E-state index contributed by atoms with van der Waals surface area (Å²) in [5, 5.41) is 40.8. The lowest BCUT2D eigenvalue weighted by Gasteiger charge is -2.40. The van der Waals surface area contributed by atoms with Gasteiger partial charge in [-0.2, -0.15) is 0 Å². The number of rotatable bonds is 2. The predicted octanol–water partition coefficient (Wildman–Crippen LogP) is 2.74. The zero-order chi connectivity index (χ0) is 19.2. The fourth-order valence-electron chi connectivity index (χ4n) is 3.57. The number of fused-ring (bicyclic) bond motifs is 1. The Hall–Kier alpha value is -3.51. The molecule has 0 saturated carbocycles. The van der Waals surface area contributed by atoms with Crippen molar-refractivity contribution in [1.29, 1.82) is 0 Å². The summed E-state index contributed by atoms with van der Waals surface area (Å²) in [6.45, 7) is 0. The Balaban J connectivity index is 2.04. The Morgan fingerprint density at radius 3 is 1.81 bits per heavy atom. The molecule has 3 aromatic rings. The van der Waals surface area contributed by atoms with Crippen molar-refractivity contribution in [2.75, 3.05) is 0 Å². The molecule has 0 saturated heterocycles. The highest BCUT2D eigenvalue weighted by molar-refractivity contribution is 5.93. The number of phenolic OH excluding ortho intramolecular Hbond substituents is 3. The predicted molar refractivity (Wildman–Crippen MR) is 95.7 cm³/mol. The zero-order valence-corrected chi connectivity index (χ0v) is 14.0. The SMILES string of the molecule is O=C1Oc2cccc(O)c2C(O)C1(c1ccc(O)cc1)c1ccc(O)cc1. The molecule has 136 valence electrons. The molecule has 1 heterocycles. The van der Waals surface area contributed by atoms with E-state index in [-0.39, 0.29) is 28.6 Å². The van der Waals surface area contributed by atoms with E-state index in [0.29, 0.717) is 11.1 Å². The molecule has 0 aromatic heterocycles. The van der Waals surface area contributed by atoms with Gasteiger partial charge in [-0.1, -0.05) is 30.3 Å². The highest BCUT2D eigenvalue weighted by atomic mass is 16.5. The maximum atomic E-state index is 13.2. The van der Waals surface area contributed by atoms with Crippen LogP contribution in [0.4, 0.5) is 0 Å². The van der Waals surface area contributed by atoms with E-state index < -0.39 is 17.5 Å². The van der Waals surface area contributed by atoms with Gasteiger partial charge in [-0.05, 0) is 47.5 Å². The number of hydrogen-bond donors (Lipinski definition) is 4. The molecule has 0 spiro atoms. The third-order valence-electron chi connectivity index (χ3n) is 4.90. The third kappa shape index (κ3) is 2.42. The second-order valence-corrected chi connectivity index (χ2v) is 6.38. The largest absolute Gasteiger partial charge is 0.508 e. The molecule has 6 nitrogen and oxygen atoms in total. The van der Waals surface area contributed by atoms with Crippen LogP contribution in [0.3, 0.4) is 0 Å².